The second-order valence-corrected chi connectivity index (χ2v) is 6.76. The fourth-order valence-electron chi connectivity index (χ4n) is 2.98. The molecule has 0 heterocycles. The molecule has 0 bridgehead atoms. The highest BCUT2D eigenvalue weighted by Crippen LogP contribution is 2.13. The van der Waals surface area contributed by atoms with Crippen LogP contribution in [0.2, 0.25) is 0 Å². The zero-order valence-electron chi connectivity index (χ0n) is 16.4. The van der Waals surface area contributed by atoms with Crippen molar-refractivity contribution in [2.75, 3.05) is 6.54 Å². The van der Waals surface area contributed by atoms with Crippen LogP contribution in [0.1, 0.15) is 117 Å². The van der Waals surface area contributed by atoms with Crippen LogP contribution in [0.4, 0.5) is 0 Å². The molecule has 4 N–H and O–H groups in total. The van der Waals surface area contributed by atoms with Gasteiger partial charge in [0.05, 0.1) is 0 Å². The summed E-state index contributed by atoms with van der Waals surface area (Å²) < 4.78 is 0. The largest absolute Gasteiger partial charge is 0.391 e. The second-order valence-electron chi connectivity index (χ2n) is 6.76. The van der Waals surface area contributed by atoms with Crippen molar-refractivity contribution >= 4 is 0 Å². The average molecular weight is 327 g/mol. The molecule has 0 saturated carbocycles. The van der Waals surface area contributed by atoms with Crippen LogP contribution in [-0.4, -0.2) is 6.54 Å². The van der Waals surface area contributed by atoms with Crippen molar-refractivity contribution in [3.8, 4) is 0 Å². The quantitative estimate of drug-likeness (QED) is 0.256. The van der Waals surface area contributed by atoms with Gasteiger partial charge in [-0.1, -0.05) is 109 Å². The summed E-state index contributed by atoms with van der Waals surface area (Å²) in [5, 5.41) is 3.30. The fraction of sp³-hybridized carbons (Fsp3) is 0.905. The lowest BCUT2D eigenvalue weighted by atomic mass is 10.0. The summed E-state index contributed by atoms with van der Waals surface area (Å²) in [4.78, 5) is 0. The number of rotatable bonds is 18. The number of hydrogen-bond donors (Lipinski definition) is 2. The van der Waals surface area contributed by atoms with Crippen LogP contribution in [0.3, 0.4) is 0 Å². The van der Waals surface area contributed by atoms with Gasteiger partial charge < -0.3 is 11.5 Å². The number of allylic oxidation sites excluding steroid dienone is 1. The van der Waals surface area contributed by atoms with Crippen molar-refractivity contribution in [2.24, 2.45) is 0 Å². The summed E-state index contributed by atoms with van der Waals surface area (Å²) in [6, 6.07) is 0. The average Bonchev–Trinajstić information content (AvgIpc) is 2.54. The lowest BCUT2D eigenvalue weighted by molar-refractivity contribution is 0.528. The van der Waals surface area contributed by atoms with Crippen molar-refractivity contribution in [1.29, 1.82) is 0 Å². The smallest absolute Gasteiger partial charge is 0.0141 e. The molecular formula is C21H46N2. The standard InChI is InChI=1S/C21H43N.H3N/c1-3-5-6-7-8-9-10-11-12-13-14-15-16-17-18-19-21-22-20-4-2;/h4,20,22H,3,5-19,21H2,1-2H3;1H3/b20-4+;. The lowest BCUT2D eigenvalue weighted by Crippen LogP contribution is -2.05. The van der Waals surface area contributed by atoms with E-state index in [-0.39, 0.29) is 6.15 Å². The zero-order valence-corrected chi connectivity index (χ0v) is 16.4. The Bertz CT molecular complexity index is 214. The van der Waals surface area contributed by atoms with Crippen molar-refractivity contribution in [3.05, 3.63) is 12.3 Å². The van der Waals surface area contributed by atoms with Gasteiger partial charge in [0.1, 0.15) is 0 Å². The van der Waals surface area contributed by atoms with E-state index in [1.165, 1.54) is 103 Å². The fourth-order valence-corrected chi connectivity index (χ4v) is 2.98. The summed E-state index contributed by atoms with van der Waals surface area (Å²) in [7, 11) is 0. The van der Waals surface area contributed by atoms with Crippen molar-refractivity contribution in [3.63, 3.8) is 0 Å². The van der Waals surface area contributed by atoms with Gasteiger partial charge in [-0.25, -0.2) is 0 Å². The molecule has 0 atom stereocenters. The molecule has 0 aromatic rings. The van der Waals surface area contributed by atoms with Gasteiger partial charge in [0.15, 0.2) is 0 Å². The van der Waals surface area contributed by atoms with Gasteiger partial charge in [-0.05, 0) is 19.5 Å². The summed E-state index contributed by atoms with van der Waals surface area (Å²) >= 11 is 0. The normalized spacial score (nSPS) is 10.9. The highest BCUT2D eigenvalue weighted by molar-refractivity contribution is 4.73. The molecule has 2 nitrogen and oxygen atoms in total. The Labute approximate surface area is 147 Å². The van der Waals surface area contributed by atoms with Crippen molar-refractivity contribution in [2.45, 2.75) is 117 Å². The highest BCUT2D eigenvalue weighted by atomic mass is 14.8. The Hall–Kier alpha value is -0.500. The molecule has 0 aliphatic carbocycles. The summed E-state index contributed by atoms with van der Waals surface area (Å²) in [5.74, 6) is 0. The van der Waals surface area contributed by atoms with Crippen molar-refractivity contribution < 1.29 is 0 Å². The topological polar surface area (TPSA) is 47.0 Å². The minimum atomic E-state index is 0. The Kier molecular flexibility index (Phi) is 25.6. The molecule has 23 heavy (non-hydrogen) atoms. The Balaban J connectivity index is 0. The van der Waals surface area contributed by atoms with Crippen LogP contribution in [-0.2, 0) is 0 Å². The van der Waals surface area contributed by atoms with Crippen LogP contribution in [0.15, 0.2) is 12.3 Å². The minimum absolute atomic E-state index is 0. The second kappa shape index (κ2) is 23.8. The van der Waals surface area contributed by atoms with Crippen LogP contribution in [0.25, 0.3) is 0 Å². The first-order chi connectivity index (χ1) is 10.9. The Morgan fingerprint density at radius 2 is 0.913 bits per heavy atom. The van der Waals surface area contributed by atoms with E-state index in [1.807, 2.05) is 6.20 Å². The molecule has 0 rings (SSSR count). The third-order valence-corrected chi connectivity index (χ3v) is 4.46. The number of hydrogen-bond acceptors (Lipinski definition) is 2. The third kappa shape index (κ3) is 23.9. The van der Waals surface area contributed by atoms with E-state index in [9.17, 15) is 0 Å². The number of nitrogens with one attached hydrogen (secondary N) is 1. The number of unbranched alkanes of at least 4 members (excludes halogenated alkanes) is 15. The zero-order chi connectivity index (χ0) is 16.1. The molecule has 0 aliphatic rings. The predicted octanol–water partition coefficient (Wildman–Crippen LogP) is 7.53. The van der Waals surface area contributed by atoms with Gasteiger partial charge in [0, 0.05) is 6.54 Å². The molecule has 0 saturated heterocycles. The monoisotopic (exact) mass is 326 g/mol. The molecule has 2 heteroatoms. The van der Waals surface area contributed by atoms with E-state index < -0.39 is 0 Å². The first-order valence-corrected chi connectivity index (χ1v) is 10.3. The molecule has 0 aromatic heterocycles. The summed E-state index contributed by atoms with van der Waals surface area (Å²) in [5.41, 5.74) is 0. The molecule has 0 aromatic carbocycles. The lowest BCUT2D eigenvalue weighted by Gasteiger charge is -2.04. The molecule has 0 amide bonds. The van der Waals surface area contributed by atoms with E-state index >= 15 is 0 Å². The van der Waals surface area contributed by atoms with Crippen LogP contribution >= 0.6 is 0 Å². The van der Waals surface area contributed by atoms with Crippen LogP contribution < -0.4 is 11.5 Å². The van der Waals surface area contributed by atoms with Crippen molar-refractivity contribution in [1.82, 2.24) is 11.5 Å². The van der Waals surface area contributed by atoms with Crippen LogP contribution in [0, 0.1) is 0 Å². The molecule has 0 unspecified atom stereocenters. The molecule has 0 fully saturated rings. The molecule has 0 spiro atoms. The van der Waals surface area contributed by atoms with Crippen LogP contribution in [0.5, 0.6) is 0 Å². The van der Waals surface area contributed by atoms with Gasteiger partial charge in [-0.2, -0.15) is 0 Å². The summed E-state index contributed by atoms with van der Waals surface area (Å²) in [6.45, 7) is 5.49. The van der Waals surface area contributed by atoms with E-state index in [4.69, 9.17) is 0 Å². The van der Waals surface area contributed by atoms with Gasteiger partial charge >= 0.3 is 0 Å². The molecule has 140 valence electrons. The molecular weight excluding hydrogens is 280 g/mol. The first kappa shape index (κ1) is 24.7. The van der Waals surface area contributed by atoms with Gasteiger partial charge in [-0.15, -0.1) is 0 Å². The highest BCUT2D eigenvalue weighted by Gasteiger charge is 1.94. The minimum Gasteiger partial charge on any atom is -0.391 e. The van der Waals surface area contributed by atoms with E-state index in [2.05, 4.69) is 25.2 Å². The van der Waals surface area contributed by atoms with E-state index in [0.717, 1.165) is 6.54 Å². The molecule has 0 radical (unpaired) electrons. The van der Waals surface area contributed by atoms with E-state index in [0.29, 0.717) is 0 Å². The Morgan fingerprint density at radius 1 is 0.565 bits per heavy atom. The first-order valence-electron chi connectivity index (χ1n) is 10.3. The van der Waals surface area contributed by atoms with Gasteiger partial charge in [0.2, 0.25) is 0 Å². The SMILES string of the molecule is C/C=C/NCCCCCCCCCCCCCCCCCC.N. The summed E-state index contributed by atoms with van der Waals surface area (Å²) in [6.07, 6.45) is 27.2. The van der Waals surface area contributed by atoms with E-state index in [1.54, 1.807) is 0 Å². The maximum atomic E-state index is 3.30. The van der Waals surface area contributed by atoms with Gasteiger partial charge in [0.25, 0.3) is 0 Å². The third-order valence-electron chi connectivity index (χ3n) is 4.46. The van der Waals surface area contributed by atoms with Gasteiger partial charge in [-0.3, -0.25) is 0 Å². The Morgan fingerprint density at radius 3 is 1.26 bits per heavy atom. The predicted molar refractivity (Wildman–Crippen MR) is 107 cm³/mol. The maximum absolute atomic E-state index is 3.30. The molecule has 0 aliphatic heterocycles. The maximum Gasteiger partial charge on any atom is 0.0141 e.